The van der Waals surface area contributed by atoms with Gasteiger partial charge in [0.1, 0.15) is 6.54 Å². The Morgan fingerprint density at radius 2 is 1.41 bits per heavy atom. The van der Waals surface area contributed by atoms with Crippen molar-refractivity contribution in [1.82, 2.24) is 0 Å². The lowest BCUT2D eigenvalue weighted by Gasteiger charge is -2.23. The zero-order valence-corrected chi connectivity index (χ0v) is 23.7. The van der Waals surface area contributed by atoms with Gasteiger partial charge in [-0.3, -0.25) is 13.9 Å². The summed E-state index contributed by atoms with van der Waals surface area (Å²) < 4.78 is 25.7. The van der Waals surface area contributed by atoms with Gasteiger partial charge in [0, 0.05) is 16.9 Å². The Morgan fingerprint density at radius 1 is 0.838 bits per heavy atom. The first-order valence-corrected chi connectivity index (χ1v) is 14.1. The molecule has 0 fully saturated rings. The number of rotatable bonds is 7. The highest BCUT2D eigenvalue weighted by atomic mass is 35.5. The van der Waals surface area contributed by atoms with E-state index < -0.39 is 22.5 Å². The van der Waals surface area contributed by atoms with E-state index in [1.54, 1.807) is 36.4 Å². The standard InChI is InChI=1S/C26H26Cl3N3O4S/c1-26(2,3)17-10-8-16(9-11-17)25(34)31-19-7-5-6-18(12-19)30-24(33)15-32(37(4,35)36)23-14-21(28)20(27)13-22(23)29/h5-14H,15H2,1-4H3,(H,30,33)(H,31,34). The smallest absolute Gasteiger partial charge is 0.255 e. The van der Waals surface area contributed by atoms with E-state index in [9.17, 15) is 18.0 Å². The maximum absolute atomic E-state index is 12.8. The molecule has 3 aromatic carbocycles. The third-order valence-corrected chi connectivity index (χ3v) is 7.51. The summed E-state index contributed by atoms with van der Waals surface area (Å²) in [6, 6.07) is 16.4. The molecule has 0 aliphatic heterocycles. The van der Waals surface area contributed by atoms with E-state index in [4.69, 9.17) is 34.8 Å². The van der Waals surface area contributed by atoms with Crippen LogP contribution in [0.2, 0.25) is 15.1 Å². The highest BCUT2D eigenvalue weighted by molar-refractivity contribution is 7.92. The monoisotopic (exact) mass is 581 g/mol. The van der Waals surface area contributed by atoms with E-state index in [0.717, 1.165) is 16.1 Å². The lowest BCUT2D eigenvalue weighted by Crippen LogP contribution is -2.37. The zero-order chi connectivity index (χ0) is 27.5. The Labute approximate surface area is 231 Å². The fraction of sp³-hybridized carbons (Fsp3) is 0.231. The number of carbonyl (C=O) groups excluding carboxylic acids is 2. The molecular formula is C26H26Cl3N3O4S. The third-order valence-electron chi connectivity index (χ3n) is 5.36. The van der Waals surface area contributed by atoms with Gasteiger partial charge in [-0.15, -0.1) is 0 Å². The number of sulfonamides is 1. The average molecular weight is 583 g/mol. The number of nitrogens with zero attached hydrogens (tertiary/aromatic N) is 1. The van der Waals surface area contributed by atoms with E-state index in [0.29, 0.717) is 16.9 Å². The predicted octanol–water partition coefficient (Wildman–Crippen LogP) is 6.60. The van der Waals surface area contributed by atoms with E-state index in [1.807, 2.05) is 12.1 Å². The first-order chi connectivity index (χ1) is 17.1. The largest absolute Gasteiger partial charge is 0.324 e. The summed E-state index contributed by atoms with van der Waals surface area (Å²) in [7, 11) is -3.90. The van der Waals surface area contributed by atoms with Gasteiger partial charge in [0.2, 0.25) is 15.9 Å². The number of halogens is 3. The summed E-state index contributed by atoms with van der Waals surface area (Å²) in [5.74, 6) is -0.935. The van der Waals surface area contributed by atoms with E-state index in [2.05, 4.69) is 31.4 Å². The molecule has 11 heteroatoms. The maximum Gasteiger partial charge on any atom is 0.255 e. The van der Waals surface area contributed by atoms with Gasteiger partial charge in [-0.05, 0) is 53.4 Å². The fourth-order valence-corrected chi connectivity index (χ4v) is 4.97. The molecule has 0 radical (unpaired) electrons. The number of benzene rings is 3. The van der Waals surface area contributed by atoms with E-state index >= 15 is 0 Å². The molecule has 196 valence electrons. The fourth-order valence-electron chi connectivity index (χ4n) is 3.41. The first kappa shape index (κ1) is 28.8. The molecular weight excluding hydrogens is 557 g/mol. The van der Waals surface area contributed by atoms with Crippen LogP contribution in [-0.4, -0.2) is 33.0 Å². The van der Waals surface area contributed by atoms with Gasteiger partial charge in [-0.25, -0.2) is 8.42 Å². The zero-order valence-electron chi connectivity index (χ0n) is 20.6. The molecule has 37 heavy (non-hydrogen) atoms. The Bertz CT molecular complexity index is 1440. The molecule has 0 heterocycles. The van der Waals surface area contributed by atoms with Crippen molar-refractivity contribution >= 4 is 73.7 Å². The Morgan fingerprint density at radius 3 is 1.97 bits per heavy atom. The summed E-state index contributed by atoms with van der Waals surface area (Å²) in [4.78, 5) is 25.5. The summed E-state index contributed by atoms with van der Waals surface area (Å²) in [5.41, 5.74) is 2.41. The number of amides is 2. The van der Waals surface area contributed by atoms with Crippen molar-refractivity contribution in [2.24, 2.45) is 0 Å². The van der Waals surface area contributed by atoms with Crippen LogP contribution in [0.25, 0.3) is 0 Å². The molecule has 0 spiro atoms. The average Bonchev–Trinajstić information content (AvgIpc) is 2.79. The van der Waals surface area contributed by atoms with Gasteiger partial charge in [-0.1, -0.05) is 73.8 Å². The topological polar surface area (TPSA) is 95.6 Å². The summed E-state index contributed by atoms with van der Waals surface area (Å²) >= 11 is 18.1. The quantitative estimate of drug-likeness (QED) is 0.307. The maximum atomic E-state index is 12.8. The second-order valence-corrected chi connectivity index (χ2v) is 12.5. The van der Waals surface area contributed by atoms with Crippen LogP contribution in [0.3, 0.4) is 0 Å². The van der Waals surface area contributed by atoms with Crippen molar-refractivity contribution in [1.29, 1.82) is 0 Å². The normalized spacial score (nSPS) is 11.6. The van der Waals surface area contributed by atoms with Crippen molar-refractivity contribution in [3.05, 3.63) is 86.9 Å². The second-order valence-electron chi connectivity index (χ2n) is 9.40. The van der Waals surface area contributed by atoms with Crippen LogP contribution in [0.1, 0.15) is 36.7 Å². The minimum absolute atomic E-state index is 0.0206. The van der Waals surface area contributed by atoms with Crippen LogP contribution in [0.15, 0.2) is 60.7 Å². The SMILES string of the molecule is CC(C)(C)c1ccc(C(=O)Nc2cccc(NC(=O)CN(c3cc(Cl)c(Cl)cc3Cl)S(C)(=O)=O)c2)cc1. The molecule has 0 saturated carbocycles. The third kappa shape index (κ3) is 7.61. The molecule has 3 rings (SSSR count). The number of nitrogens with one attached hydrogen (secondary N) is 2. The van der Waals surface area contributed by atoms with Gasteiger partial charge in [-0.2, -0.15) is 0 Å². The van der Waals surface area contributed by atoms with Crippen molar-refractivity contribution < 1.29 is 18.0 Å². The van der Waals surface area contributed by atoms with Gasteiger partial charge >= 0.3 is 0 Å². The Hall–Kier alpha value is -2.78. The van der Waals surface area contributed by atoms with Crippen LogP contribution in [-0.2, 0) is 20.2 Å². The molecule has 0 unspecified atom stereocenters. The van der Waals surface area contributed by atoms with Gasteiger partial charge in [0.05, 0.1) is 27.0 Å². The molecule has 0 bridgehead atoms. The van der Waals surface area contributed by atoms with Crippen molar-refractivity contribution in [2.75, 3.05) is 27.7 Å². The molecule has 0 aliphatic carbocycles. The van der Waals surface area contributed by atoms with Gasteiger partial charge in [0.15, 0.2) is 0 Å². The number of hydrogen-bond donors (Lipinski definition) is 2. The molecule has 0 aromatic heterocycles. The molecule has 0 saturated heterocycles. The van der Waals surface area contributed by atoms with E-state index in [1.165, 1.54) is 12.1 Å². The van der Waals surface area contributed by atoms with Gasteiger partial charge < -0.3 is 10.6 Å². The first-order valence-electron chi connectivity index (χ1n) is 11.1. The van der Waals surface area contributed by atoms with Gasteiger partial charge in [0.25, 0.3) is 5.91 Å². The Balaban J connectivity index is 1.73. The molecule has 3 aromatic rings. The van der Waals surface area contributed by atoms with Crippen LogP contribution < -0.4 is 14.9 Å². The van der Waals surface area contributed by atoms with E-state index in [-0.39, 0.29) is 32.1 Å². The summed E-state index contributed by atoms with van der Waals surface area (Å²) in [5, 5.41) is 5.70. The summed E-state index contributed by atoms with van der Waals surface area (Å²) in [6.45, 7) is 5.72. The minimum atomic E-state index is -3.90. The van der Waals surface area contributed by atoms with Crippen molar-refractivity contribution in [2.45, 2.75) is 26.2 Å². The number of carbonyl (C=O) groups is 2. The highest BCUT2D eigenvalue weighted by Gasteiger charge is 2.24. The summed E-state index contributed by atoms with van der Waals surface area (Å²) in [6.07, 6.45) is 0.948. The van der Waals surface area contributed by atoms with Crippen molar-refractivity contribution in [3.63, 3.8) is 0 Å². The molecule has 7 nitrogen and oxygen atoms in total. The van der Waals surface area contributed by atoms with Crippen LogP contribution >= 0.6 is 34.8 Å². The predicted molar refractivity (Wildman–Crippen MR) is 152 cm³/mol. The minimum Gasteiger partial charge on any atom is -0.324 e. The van der Waals surface area contributed by atoms with Crippen LogP contribution in [0.4, 0.5) is 17.1 Å². The molecule has 0 atom stereocenters. The van der Waals surface area contributed by atoms with Crippen LogP contribution in [0.5, 0.6) is 0 Å². The number of hydrogen-bond acceptors (Lipinski definition) is 4. The lowest BCUT2D eigenvalue weighted by atomic mass is 9.87. The highest BCUT2D eigenvalue weighted by Crippen LogP contribution is 2.35. The second kappa shape index (κ2) is 11.3. The lowest BCUT2D eigenvalue weighted by molar-refractivity contribution is -0.114. The molecule has 2 amide bonds. The van der Waals surface area contributed by atoms with Crippen LogP contribution in [0, 0.1) is 0 Å². The Kier molecular flexibility index (Phi) is 8.80. The van der Waals surface area contributed by atoms with Crippen molar-refractivity contribution in [3.8, 4) is 0 Å². The molecule has 2 N–H and O–H groups in total. The molecule has 0 aliphatic rings. The number of anilines is 3.